The molecule has 4 nitrogen and oxygen atoms in total. The lowest BCUT2D eigenvalue weighted by atomic mass is 10.3. The summed E-state index contributed by atoms with van der Waals surface area (Å²) in [5.74, 6) is -0.443. The molecule has 2 rings (SSSR count). The fourth-order valence-corrected chi connectivity index (χ4v) is 2.18. The Morgan fingerprint density at radius 1 is 1.35 bits per heavy atom. The molecule has 0 unspecified atom stereocenters. The van der Waals surface area contributed by atoms with Crippen LogP contribution in [0.3, 0.4) is 0 Å². The van der Waals surface area contributed by atoms with Gasteiger partial charge in [0, 0.05) is 17.1 Å². The average molecular weight is 381 g/mol. The van der Waals surface area contributed by atoms with Gasteiger partial charge in [-0.05, 0) is 28.9 Å². The Morgan fingerprint density at radius 3 is 2.80 bits per heavy atom. The molecule has 0 saturated carbocycles. The summed E-state index contributed by atoms with van der Waals surface area (Å²) in [7, 11) is 0. The summed E-state index contributed by atoms with van der Waals surface area (Å²) in [5.41, 5.74) is 0. The highest BCUT2D eigenvalue weighted by atomic mass is 79.9. The van der Waals surface area contributed by atoms with Gasteiger partial charge in [0.2, 0.25) is 11.8 Å². The van der Waals surface area contributed by atoms with Crippen molar-refractivity contribution in [2.75, 3.05) is 11.9 Å². The largest absolute Gasteiger partial charge is 0.435 e. The molecule has 20 heavy (non-hydrogen) atoms. The fourth-order valence-electron chi connectivity index (χ4n) is 1.35. The van der Waals surface area contributed by atoms with E-state index in [-0.39, 0.29) is 22.6 Å². The third-order valence-electron chi connectivity index (χ3n) is 2.23. The van der Waals surface area contributed by atoms with Crippen molar-refractivity contribution >= 4 is 45.1 Å². The minimum absolute atomic E-state index is 0.208. The standard InChI is InChI=1S/C12H9BrCl2FN3O/c1-2-17-12-18-5-9(16)11(19-12)20-10-4-7(14)6(13)3-8(10)15/h3-5H,2H2,1H3,(H,17,18,19). The zero-order chi connectivity index (χ0) is 14.7. The summed E-state index contributed by atoms with van der Waals surface area (Å²) in [6, 6.07) is 3.03. The van der Waals surface area contributed by atoms with E-state index in [9.17, 15) is 4.39 Å². The summed E-state index contributed by atoms with van der Waals surface area (Å²) in [6.45, 7) is 2.48. The number of aromatic nitrogens is 2. The van der Waals surface area contributed by atoms with Crippen molar-refractivity contribution < 1.29 is 9.13 Å². The number of ether oxygens (including phenoxy) is 1. The second-order valence-electron chi connectivity index (χ2n) is 3.68. The van der Waals surface area contributed by atoms with Crippen LogP contribution in [0.4, 0.5) is 10.3 Å². The quantitative estimate of drug-likeness (QED) is 0.765. The highest BCUT2D eigenvalue weighted by Crippen LogP contribution is 2.36. The van der Waals surface area contributed by atoms with Gasteiger partial charge >= 0.3 is 0 Å². The number of benzene rings is 1. The minimum Gasteiger partial charge on any atom is -0.435 e. The van der Waals surface area contributed by atoms with Gasteiger partial charge in [-0.3, -0.25) is 0 Å². The first kappa shape index (κ1) is 15.3. The first-order chi connectivity index (χ1) is 9.51. The SMILES string of the molecule is CCNc1ncc(F)c(Oc2cc(Cl)c(Br)cc2Cl)n1. The Kier molecular flexibility index (Phi) is 5.01. The van der Waals surface area contributed by atoms with Gasteiger partial charge in [0.1, 0.15) is 5.75 Å². The molecule has 0 atom stereocenters. The lowest BCUT2D eigenvalue weighted by Crippen LogP contribution is -2.04. The van der Waals surface area contributed by atoms with Crippen LogP contribution >= 0.6 is 39.1 Å². The van der Waals surface area contributed by atoms with Crippen LogP contribution in [0.2, 0.25) is 10.0 Å². The van der Waals surface area contributed by atoms with Gasteiger partial charge in [-0.1, -0.05) is 23.2 Å². The van der Waals surface area contributed by atoms with Crippen molar-refractivity contribution in [1.82, 2.24) is 9.97 Å². The Bertz CT molecular complexity index is 642. The third kappa shape index (κ3) is 3.50. The molecule has 1 N–H and O–H groups in total. The Morgan fingerprint density at radius 2 is 2.10 bits per heavy atom. The monoisotopic (exact) mass is 379 g/mol. The van der Waals surface area contributed by atoms with Crippen LogP contribution in [-0.4, -0.2) is 16.5 Å². The molecule has 1 aromatic carbocycles. The first-order valence-corrected chi connectivity index (χ1v) is 7.15. The molecule has 0 aliphatic carbocycles. The molecule has 0 radical (unpaired) electrons. The molecule has 106 valence electrons. The molecular formula is C12H9BrCl2FN3O. The van der Waals surface area contributed by atoms with Gasteiger partial charge < -0.3 is 10.1 Å². The van der Waals surface area contributed by atoms with E-state index in [1.165, 1.54) is 6.07 Å². The van der Waals surface area contributed by atoms with Gasteiger partial charge in [0.25, 0.3) is 5.88 Å². The van der Waals surface area contributed by atoms with Crippen LogP contribution in [0.1, 0.15) is 6.92 Å². The number of hydrogen-bond acceptors (Lipinski definition) is 4. The maximum absolute atomic E-state index is 13.6. The topological polar surface area (TPSA) is 47.0 Å². The van der Waals surface area contributed by atoms with Gasteiger partial charge in [-0.2, -0.15) is 9.37 Å². The van der Waals surface area contributed by atoms with E-state index < -0.39 is 5.82 Å². The predicted octanol–water partition coefficient (Wildman–Crippen LogP) is 4.91. The number of nitrogens with zero attached hydrogens (tertiary/aromatic N) is 2. The van der Waals surface area contributed by atoms with Gasteiger partial charge in [0.05, 0.1) is 16.2 Å². The Balaban J connectivity index is 2.34. The summed E-state index contributed by atoms with van der Waals surface area (Å²) < 4.78 is 19.6. The molecule has 8 heteroatoms. The highest BCUT2D eigenvalue weighted by molar-refractivity contribution is 9.10. The van der Waals surface area contributed by atoms with Crippen molar-refractivity contribution in [3.63, 3.8) is 0 Å². The van der Waals surface area contributed by atoms with Crippen molar-refractivity contribution in [3.8, 4) is 11.6 Å². The number of halogens is 4. The summed E-state index contributed by atoms with van der Waals surface area (Å²) in [6.07, 6.45) is 1.02. The molecule has 0 fully saturated rings. The van der Waals surface area contributed by atoms with Crippen molar-refractivity contribution in [3.05, 3.63) is 38.7 Å². The normalized spacial score (nSPS) is 10.4. The Hall–Kier alpha value is -1.11. The average Bonchev–Trinajstić information content (AvgIpc) is 2.40. The molecule has 0 aliphatic rings. The minimum atomic E-state index is -0.693. The Labute approximate surface area is 133 Å². The number of rotatable bonds is 4. The number of nitrogens with one attached hydrogen (secondary N) is 1. The van der Waals surface area contributed by atoms with E-state index in [1.807, 2.05) is 6.92 Å². The van der Waals surface area contributed by atoms with Crippen LogP contribution in [0.15, 0.2) is 22.8 Å². The van der Waals surface area contributed by atoms with Gasteiger partial charge in [-0.15, -0.1) is 0 Å². The molecule has 0 spiro atoms. The molecule has 0 aliphatic heterocycles. The van der Waals surface area contributed by atoms with E-state index in [4.69, 9.17) is 27.9 Å². The van der Waals surface area contributed by atoms with E-state index in [0.29, 0.717) is 16.0 Å². The third-order valence-corrected chi connectivity index (χ3v) is 3.72. The lowest BCUT2D eigenvalue weighted by Gasteiger charge is -2.10. The van der Waals surface area contributed by atoms with Crippen molar-refractivity contribution in [2.24, 2.45) is 0 Å². The van der Waals surface area contributed by atoms with Gasteiger partial charge in [-0.25, -0.2) is 4.98 Å². The number of anilines is 1. The predicted molar refractivity (Wildman–Crippen MR) is 80.4 cm³/mol. The van der Waals surface area contributed by atoms with Gasteiger partial charge in [0.15, 0.2) is 0 Å². The molecule has 0 amide bonds. The van der Waals surface area contributed by atoms with Crippen LogP contribution in [0.5, 0.6) is 11.6 Å². The van der Waals surface area contributed by atoms with E-state index >= 15 is 0 Å². The zero-order valence-corrected chi connectivity index (χ0v) is 13.4. The highest BCUT2D eigenvalue weighted by Gasteiger charge is 2.13. The zero-order valence-electron chi connectivity index (χ0n) is 10.3. The summed E-state index contributed by atoms with van der Waals surface area (Å²) in [5, 5.41) is 3.54. The van der Waals surface area contributed by atoms with Crippen molar-refractivity contribution in [1.29, 1.82) is 0 Å². The second-order valence-corrected chi connectivity index (χ2v) is 5.34. The number of hydrogen-bond donors (Lipinski definition) is 1. The smallest absolute Gasteiger partial charge is 0.260 e. The maximum Gasteiger partial charge on any atom is 0.260 e. The molecule has 0 bridgehead atoms. The van der Waals surface area contributed by atoms with Crippen LogP contribution in [0, 0.1) is 5.82 Å². The summed E-state index contributed by atoms with van der Waals surface area (Å²) in [4.78, 5) is 7.70. The van der Waals surface area contributed by atoms with E-state index in [0.717, 1.165) is 6.20 Å². The van der Waals surface area contributed by atoms with E-state index in [2.05, 4.69) is 31.2 Å². The van der Waals surface area contributed by atoms with Crippen LogP contribution < -0.4 is 10.1 Å². The molecule has 1 heterocycles. The van der Waals surface area contributed by atoms with Crippen LogP contribution in [-0.2, 0) is 0 Å². The maximum atomic E-state index is 13.6. The first-order valence-electron chi connectivity index (χ1n) is 5.60. The molecule has 0 saturated heterocycles. The lowest BCUT2D eigenvalue weighted by molar-refractivity contribution is 0.421. The molecule has 1 aromatic heterocycles. The fraction of sp³-hybridized carbons (Fsp3) is 0.167. The second kappa shape index (κ2) is 6.56. The molecule has 2 aromatic rings. The van der Waals surface area contributed by atoms with Crippen molar-refractivity contribution in [2.45, 2.75) is 6.92 Å². The molecular weight excluding hydrogens is 372 g/mol. The summed E-state index contributed by atoms with van der Waals surface area (Å²) >= 11 is 15.2. The van der Waals surface area contributed by atoms with E-state index in [1.54, 1.807) is 6.07 Å². The van der Waals surface area contributed by atoms with Crippen LogP contribution in [0.25, 0.3) is 0 Å².